The maximum Gasteiger partial charge on any atom is 0.337 e. The third kappa shape index (κ3) is 4.64. The number of carbonyl (C=O) groups is 2. The predicted molar refractivity (Wildman–Crippen MR) is 95.3 cm³/mol. The minimum Gasteiger partial charge on any atom is -0.485 e. The lowest BCUT2D eigenvalue weighted by Gasteiger charge is -2.33. The molecule has 1 aliphatic rings. The fourth-order valence-corrected chi connectivity index (χ4v) is 3.32. The molecule has 1 aromatic heterocycles. The van der Waals surface area contributed by atoms with Gasteiger partial charge in [0.1, 0.15) is 5.75 Å². The van der Waals surface area contributed by atoms with Gasteiger partial charge in [0.2, 0.25) is 5.82 Å². The second kappa shape index (κ2) is 8.20. The summed E-state index contributed by atoms with van der Waals surface area (Å²) in [4.78, 5) is 29.9. The predicted octanol–water partition coefficient (Wildman–Crippen LogP) is 2.55. The Morgan fingerprint density at radius 3 is 2.48 bits per heavy atom. The fourth-order valence-electron chi connectivity index (χ4n) is 3.32. The van der Waals surface area contributed by atoms with Crippen LogP contribution in [0.4, 0.5) is 0 Å². The van der Waals surface area contributed by atoms with Crippen LogP contribution in [0.15, 0.2) is 28.8 Å². The summed E-state index contributed by atoms with van der Waals surface area (Å²) in [6, 6.07) is 6.50. The summed E-state index contributed by atoms with van der Waals surface area (Å²) in [6.07, 6.45) is 1.11. The van der Waals surface area contributed by atoms with Gasteiger partial charge in [-0.3, -0.25) is 4.79 Å². The summed E-state index contributed by atoms with van der Waals surface area (Å²) < 4.78 is 15.3. The molecule has 0 radical (unpaired) electrons. The van der Waals surface area contributed by atoms with Gasteiger partial charge >= 0.3 is 17.8 Å². The van der Waals surface area contributed by atoms with Crippen LogP contribution in [0.25, 0.3) is 0 Å². The molecule has 1 amide bonds. The van der Waals surface area contributed by atoms with Gasteiger partial charge in [0.05, 0.1) is 12.7 Å². The van der Waals surface area contributed by atoms with Crippen LogP contribution in [0.1, 0.15) is 47.1 Å². The number of likely N-dealkylation sites (tertiary alicyclic amines) is 1. The van der Waals surface area contributed by atoms with E-state index < -0.39 is 5.97 Å². The van der Waals surface area contributed by atoms with Crippen molar-refractivity contribution in [1.82, 2.24) is 15.0 Å². The van der Waals surface area contributed by atoms with Crippen LogP contribution < -0.4 is 4.74 Å². The summed E-state index contributed by atoms with van der Waals surface area (Å²) in [7, 11) is 1.33. The van der Waals surface area contributed by atoms with E-state index in [4.69, 9.17) is 9.26 Å². The van der Waals surface area contributed by atoms with Crippen LogP contribution in [0, 0.1) is 11.8 Å². The van der Waals surface area contributed by atoms with Crippen molar-refractivity contribution in [1.29, 1.82) is 0 Å². The number of amides is 1. The molecule has 27 heavy (non-hydrogen) atoms. The molecule has 2 unspecified atom stereocenters. The summed E-state index contributed by atoms with van der Waals surface area (Å²) in [5.74, 6) is 1.06. The molecule has 0 aliphatic carbocycles. The quantitative estimate of drug-likeness (QED) is 0.743. The molecule has 1 saturated heterocycles. The summed E-state index contributed by atoms with van der Waals surface area (Å²) in [5, 5.41) is 3.81. The number of benzene rings is 1. The van der Waals surface area contributed by atoms with Crippen molar-refractivity contribution in [3.05, 3.63) is 41.5 Å². The van der Waals surface area contributed by atoms with E-state index in [0.29, 0.717) is 36.2 Å². The van der Waals surface area contributed by atoms with Crippen molar-refractivity contribution in [2.75, 3.05) is 20.2 Å². The molecule has 8 nitrogen and oxygen atoms in total. The first-order chi connectivity index (χ1) is 13.0. The molecule has 2 heterocycles. The number of rotatable bonds is 5. The molecule has 0 bridgehead atoms. The number of aromatic nitrogens is 2. The van der Waals surface area contributed by atoms with Crippen molar-refractivity contribution in [2.24, 2.45) is 11.8 Å². The molecule has 0 N–H and O–H groups in total. The van der Waals surface area contributed by atoms with Gasteiger partial charge < -0.3 is 18.9 Å². The van der Waals surface area contributed by atoms with Crippen molar-refractivity contribution in [3.8, 4) is 5.75 Å². The fraction of sp³-hybridized carbons (Fsp3) is 0.474. The molecule has 0 spiro atoms. The highest BCUT2D eigenvalue weighted by Crippen LogP contribution is 2.22. The van der Waals surface area contributed by atoms with Gasteiger partial charge in [-0.25, -0.2) is 4.79 Å². The van der Waals surface area contributed by atoms with Crippen LogP contribution in [0.5, 0.6) is 5.75 Å². The number of nitrogens with zero attached hydrogens (tertiary/aromatic N) is 3. The van der Waals surface area contributed by atoms with E-state index in [-0.39, 0.29) is 24.2 Å². The van der Waals surface area contributed by atoms with Gasteiger partial charge in [0.25, 0.3) is 0 Å². The van der Waals surface area contributed by atoms with E-state index in [0.717, 1.165) is 6.42 Å². The smallest absolute Gasteiger partial charge is 0.337 e. The SMILES string of the molecule is COC(=O)c1ccc(OCc2noc(C(=O)N3CC(C)CC(C)C3)n2)cc1. The van der Waals surface area contributed by atoms with Crippen molar-refractivity contribution in [2.45, 2.75) is 26.9 Å². The first kappa shape index (κ1) is 18.9. The van der Waals surface area contributed by atoms with Crippen molar-refractivity contribution >= 4 is 11.9 Å². The largest absolute Gasteiger partial charge is 0.485 e. The zero-order valence-electron chi connectivity index (χ0n) is 15.7. The topological polar surface area (TPSA) is 94.8 Å². The van der Waals surface area contributed by atoms with E-state index in [9.17, 15) is 9.59 Å². The Morgan fingerprint density at radius 2 is 1.85 bits per heavy atom. The third-order valence-electron chi connectivity index (χ3n) is 4.45. The highest BCUT2D eigenvalue weighted by molar-refractivity contribution is 5.90. The number of ether oxygens (including phenoxy) is 2. The minimum atomic E-state index is -0.413. The standard InChI is InChI=1S/C19H23N3O5/c1-12-8-13(2)10-22(9-12)18(23)17-20-16(21-27-17)11-26-15-6-4-14(5-7-15)19(24)25-3/h4-7,12-13H,8-11H2,1-3H3. The molecular formula is C19H23N3O5. The van der Waals surface area contributed by atoms with E-state index in [1.165, 1.54) is 7.11 Å². The molecule has 144 valence electrons. The molecule has 8 heteroatoms. The average molecular weight is 373 g/mol. The summed E-state index contributed by atoms with van der Waals surface area (Å²) >= 11 is 0. The lowest BCUT2D eigenvalue weighted by molar-refractivity contribution is 0.0572. The summed E-state index contributed by atoms with van der Waals surface area (Å²) in [6.45, 7) is 5.72. The Balaban J connectivity index is 1.57. The maximum atomic E-state index is 12.6. The molecule has 1 aliphatic heterocycles. The van der Waals surface area contributed by atoms with E-state index >= 15 is 0 Å². The second-order valence-corrected chi connectivity index (χ2v) is 6.98. The Morgan fingerprint density at radius 1 is 1.19 bits per heavy atom. The second-order valence-electron chi connectivity index (χ2n) is 6.98. The van der Waals surface area contributed by atoms with Crippen LogP contribution in [-0.4, -0.2) is 47.1 Å². The number of carbonyl (C=O) groups excluding carboxylic acids is 2. The molecule has 1 aromatic carbocycles. The normalized spacial score (nSPS) is 19.6. The average Bonchev–Trinajstić information content (AvgIpc) is 3.13. The Kier molecular flexibility index (Phi) is 5.73. The monoisotopic (exact) mass is 373 g/mol. The van der Waals surface area contributed by atoms with Crippen LogP contribution in [0.2, 0.25) is 0 Å². The lowest BCUT2D eigenvalue weighted by Crippen LogP contribution is -2.42. The van der Waals surface area contributed by atoms with E-state index in [2.05, 4.69) is 28.7 Å². The van der Waals surface area contributed by atoms with E-state index in [1.54, 1.807) is 29.2 Å². The minimum absolute atomic E-state index is 0.0176. The number of piperidine rings is 1. The molecule has 1 fully saturated rings. The third-order valence-corrected chi connectivity index (χ3v) is 4.45. The molecule has 2 aromatic rings. The van der Waals surface area contributed by atoms with Crippen LogP contribution in [0.3, 0.4) is 0 Å². The highest BCUT2D eigenvalue weighted by atomic mass is 16.5. The van der Waals surface area contributed by atoms with Crippen LogP contribution in [-0.2, 0) is 11.3 Å². The van der Waals surface area contributed by atoms with Crippen molar-refractivity contribution < 1.29 is 23.6 Å². The zero-order chi connectivity index (χ0) is 19.4. The Bertz CT molecular complexity index is 792. The van der Waals surface area contributed by atoms with Crippen LogP contribution >= 0.6 is 0 Å². The first-order valence-electron chi connectivity index (χ1n) is 8.89. The first-order valence-corrected chi connectivity index (χ1v) is 8.89. The zero-order valence-corrected chi connectivity index (χ0v) is 15.7. The van der Waals surface area contributed by atoms with Gasteiger partial charge in [0.15, 0.2) is 6.61 Å². The Labute approximate surface area is 157 Å². The van der Waals surface area contributed by atoms with Gasteiger partial charge in [0, 0.05) is 13.1 Å². The maximum absolute atomic E-state index is 12.6. The Hall–Kier alpha value is -2.90. The lowest BCUT2D eigenvalue weighted by atomic mass is 9.92. The van der Waals surface area contributed by atoms with Crippen molar-refractivity contribution in [3.63, 3.8) is 0 Å². The molecule has 3 rings (SSSR count). The number of hydrogen-bond donors (Lipinski definition) is 0. The number of esters is 1. The molecule has 0 saturated carbocycles. The van der Waals surface area contributed by atoms with Gasteiger partial charge in [-0.2, -0.15) is 4.98 Å². The molecule has 2 atom stereocenters. The van der Waals surface area contributed by atoms with Gasteiger partial charge in [-0.1, -0.05) is 19.0 Å². The van der Waals surface area contributed by atoms with E-state index in [1.807, 2.05) is 0 Å². The summed E-state index contributed by atoms with van der Waals surface area (Å²) in [5.41, 5.74) is 0.433. The number of hydrogen-bond acceptors (Lipinski definition) is 7. The highest BCUT2D eigenvalue weighted by Gasteiger charge is 2.29. The number of methoxy groups -OCH3 is 1. The van der Waals surface area contributed by atoms with Gasteiger partial charge in [-0.15, -0.1) is 0 Å². The molecular weight excluding hydrogens is 350 g/mol. The van der Waals surface area contributed by atoms with Gasteiger partial charge in [-0.05, 0) is 42.5 Å².